The second-order valence-corrected chi connectivity index (χ2v) is 5.11. The highest BCUT2D eigenvalue weighted by Gasteiger charge is 2.40. The third-order valence-corrected chi connectivity index (χ3v) is 3.87. The van der Waals surface area contributed by atoms with E-state index in [9.17, 15) is 4.79 Å². The third kappa shape index (κ3) is 3.59. The Bertz CT molecular complexity index is 200. The van der Waals surface area contributed by atoms with Crippen molar-refractivity contribution in [3.63, 3.8) is 0 Å². The highest BCUT2D eigenvalue weighted by molar-refractivity contribution is 14.1. The van der Waals surface area contributed by atoms with Crippen molar-refractivity contribution in [2.24, 2.45) is 5.41 Å². The quantitative estimate of drug-likeness (QED) is 0.337. The lowest BCUT2D eigenvalue weighted by Gasteiger charge is -2.34. The van der Waals surface area contributed by atoms with E-state index < -0.39 is 0 Å². The molecule has 1 heterocycles. The van der Waals surface area contributed by atoms with E-state index in [-0.39, 0.29) is 11.4 Å². The molecule has 0 unspecified atom stereocenters. The van der Waals surface area contributed by atoms with E-state index in [0.29, 0.717) is 13.2 Å². The zero-order valence-electron chi connectivity index (χ0n) is 9.26. The third-order valence-electron chi connectivity index (χ3n) is 3.11. The lowest BCUT2D eigenvalue weighted by atomic mass is 9.76. The molecule has 1 aliphatic heterocycles. The fraction of sp³-hybridized carbons (Fsp3) is 0.909. The minimum Gasteiger partial charge on any atom is -0.469 e. The second kappa shape index (κ2) is 6.68. The SMILES string of the molecule is COC(=O)C1(CCCCI)CCOCC1. The normalized spacial score (nSPS) is 19.9. The van der Waals surface area contributed by atoms with E-state index in [4.69, 9.17) is 9.47 Å². The minimum atomic E-state index is -0.251. The first-order valence-electron chi connectivity index (χ1n) is 5.47. The molecule has 0 N–H and O–H groups in total. The largest absolute Gasteiger partial charge is 0.469 e. The number of hydrogen-bond acceptors (Lipinski definition) is 3. The molecule has 0 aromatic rings. The van der Waals surface area contributed by atoms with Crippen LogP contribution in [0.1, 0.15) is 32.1 Å². The van der Waals surface area contributed by atoms with Crippen molar-refractivity contribution >= 4 is 28.6 Å². The number of ether oxygens (including phenoxy) is 2. The van der Waals surface area contributed by atoms with Gasteiger partial charge in [0.2, 0.25) is 0 Å². The number of halogens is 1. The molecule has 1 saturated heterocycles. The standard InChI is InChI=1S/C11H19IO3/c1-14-10(13)11(4-2-3-7-12)5-8-15-9-6-11/h2-9H2,1H3. The number of carbonyl (C=O) groups is 1. The molecule has 0 spiro atoms. The first kappa shape index (κ1) is 13.2. The van der Waals surface area contributed by atoms with Gasteiger partial charge >= 0.3 is 5.97 Å². The fourth-order valence-electron chi connectivity index (χ4n) is 2.09. The Morgan fingerprint density at radius 3 is 2.60 bits per heavy atom. The summed E-state index contributed by atoms with van der Waals surface area (Å²) >= 11 is 2.37. The molecule has 88 valence electrons. The Kier molecular flexibility index (Phi) is 5.89. The molecular weight excluding hydrogens is 307 g/mol. The van der Waals surface area contributed by atoms with E-state index in [1.807, 2.05) is 0 Å². The van der Waals surface area contributed by atoms with E-state index >= 15 is 0 Å². The number of hydrogen-bond donors (Lipinski definition) is 0. The molecule has 1 aliphatic rings. The van der Waals surface area contributed by atoms with Crippen LogP contribution in [0.2, 0.25) is 0 Å². The van der Waals surface area contributed by atoms with Crippen molar-refractivity contribution < 1.29 is 14.3 Å². The van der Waals surface area contributed by atoms with E-state index in [0.717, 1.165) is 30.1 Å². The van der Waals surface area contributed by atoms with Gasteiger partial charge in [-0.25, -0.2) is 0 Å². The maximum atomic E-state index is 11.8. The summed E-state index contributed by atoms with van der Waals surface area (Å²) < 4.78 is 11.4. The lowest BCUT2D eigenvalue weighted by Crippen LogP contribution is -2.38. The van der Waals surface area contributed by atoms with E-state index in [1.54, 1.807) is 0 Å². The van der Waals surface area contributed by atoms with Crippen molar-refractivity contribution in [1.29, 1.82) is 0 Å². The molecule has 0 aliphatic carbocycles. The molecule has 0 atom stereocenters. The summed E-state index contributed by atoms with van der Waals surface area (Å²) in [6.45, 7) is 1.39. The van der Waals surface area contributed by atoms with Crippen LogP contribution in [0, 0.1) is 5.41 Å². The fourth-order valence-corrected chi connectivity index (χ4v) is 2.63. The van der Waals surface area contributed by atoms with Gasteiger partial charge in [-0.3, -0.25) is 4.79 Å². The van der Waals surface area contributed by atoms with Crippen LogP contribution < -0.4 is 0 Å². The first-order valence-corrected chi connectivity index (χ1v) is 7.00. The molecule has 3 nitrogen and oxygen atoms in total. The van der Waals surface area contributed by atoms with Crippen LogP contribution in [0.15, 0.2) is 0 Å². The highest BCUT2D eigenvalue weighted by atomic mass is 127. The summed E-state index contributed by atoms with van der Waals surface area (Å²) in [5.74, 6) is -0.0424. The maximum Gasteiger partial charge on any atom is 0.311 e. The Morgan fingerprint density at radius 2 is 2.07 bits per heavy atom. The van der Waals surface area contributed by atoms with Gasteiger partial charge in [0.25, 0.3) is 0 Å². The summed E-state index contributed by atoms with van der Waals surface area (Å²) in [5, 5.41) is 0. The molecule has 0 aromatic carbocycles. The monoisotopic (exact) mass is 326 g/mol. The summed E-state index contributed by atoms with van der Waals surface area (Å²) in [6.07, 6.45) is 4.88. The number of methoxy groups -OCH3 is 1. The number of carbonyl (C=O) groups excluding carboxylic acids is 1. The highest BCUT2D eigenvalue weighted by Crippen LogP contribution is 2.37. The number of unbranched alkanes of at least 4 members (excludes halogenated alkanes) is 1. The van der Waals surface area contributed by atoms with Crippen LogP contribution in [0.5, 0.6) is 0 Å². The van der Waals surface area contributed by atoms with Crippen molar-refractivity contribution in [3.8, 4) is 0 Å². The molecule has 0 saturated carbocycles. The van der Waals surface area contributed by atoms with Crippen LogP contribution in [0.4, 0.5) is 0 Å². The molecule has 0 bridgehead atoms. The van der Waals surface area contributed by atoms with Crippen LogP contribution in [0.3, 0.4) is 0 Å². The Labute approximate surface area is 105 Å². The maximum absolute atomic E-state index is 11.8. The van der Waals surface area contributed by atoms with Gasteiger partial charge in [0.1, 0.15) is 0 Å². The number of esters is 1. The molecule has 0 aromatic heterocycles. The van der Waals surface area contributed by atoms with Gasteiger partial charge in [0, 0.05) is 13.2 Å². The van der Waals surface area contributed by atoms with Gasteiger partial charge in [0.15, 0.2) is 0 Å². The second-order valence-electron chi connectivity index (χ2n) is 4.03. The molecule has 0 amide bonds. The van der Waals surface area contributed by atoms with Crippen LogP contribution in [-0.4, -0.2) is 30.7 Å². The van der Waals surface area contributed by atoms with Gasteiger partial charge in [0.05, 0.1) is 12.5 Å². The van der Waals surface area contributed by atoms with Gasteiger partial charge in [-0.05, 0) is 30.1 Å². The number of alkyl halides is 1. The first-order chi connectivity index (χ1) is 7.25. The Hall–Kier alpha value is 0.160. The zero-order valence-corrected chi connectivity index (χ0v) is 11.4. The van der Waals surface area contributed by atoms with Gasteiger partial charge < -0.3 is 9.47 Å². The van der Waals surface area contributed by atoms with Crippen molar-refractivity contribution in [1.82, 2.24) is 0 Å². The van der Waals surface area contributed by atoms with Crippen LogP contribution >= 0.6 is 22.6 Å². The van der Waals surface area contributed by atoms with E-state index in [2.05, 4.69) is 22.6 Å². The predicted octanol–water partition coefficient (Wildman–Crippen LogP) is 2.56. The zero-order chi connectivity index (χ0) is 11.1. The van der Waals surface area contributed by atoms with Crippen molar-refractivity contribution in [2.75, 3.05) is 24.8 Å². The summed E-state index contributed by atoms with van der Waals surface area (Å²) in [5.41, 5.74) is -0.251. The van der Waals surface area contributed by atoms with Crippen molar-refractivity contribution in [2.45, 2.75) is 32.1 Å². The average molecular weight is 326 g/mol. The topological polar surface area (TPSA) is 35.5 Å². The van der Waals surface area contributed by atoms with Gasteiger partial charge in [-0.1, -0.05) is 29.0 Å². The molecule has 1 fully saturated rings. The molecular formula is C11H19IO3. The summed E-state index contributed by atoms with van der Waals surface area (Å²) in [4.78, 5) is 11.8. The molecule has 0 radical (unpaired) electrons. The Morgan fingerprint density at radius 1 is 1.40 bits per heavy atom. The van der Waals surface area contributed by atoms with E-state index in [1.165, 1.54) is 13.5 Å². The molecule has 15 heavy (non-hydrogen) atoms. The molecule has 4 heteroatoms. The predicted molar refractivity (Wildman–Crippen MR) is 67.2 cm³/mol. The van der Waals surface area contributed by atoms with Crippen LogP contribution in [-0.2, 0) is 14.3 Å². The number of rotatable bonds is 5. The minimum absolute atomic E-state index is 0.0424. The van der Waals surface area contributed by atoms with Gasteiger partial charge in [-0.2, -0.15) is 0 Å². The Balaban J connectivity index is 2.54. The van der Waals surface area contributed by atoms with Crippen LogP contribution in [0.25, 0.3) is 0 Å². The summed E-state index contributed by atoms with van der Waals surface area (Å²) in [6, 6.07) is 0. The lowest BCUT2D eigenvalue weighted by molar-refractivity contribution is -0.159. The smallest absolute Gasteiger partial charge is 0.311 e. The van der Waals surface area contributed by atoms with Gasteiger partial charge in [-0.15, -0.1) is 0 Å². The molecule has 1 rings (SSSR count). The van der Waals surface area contributed by atoms with Crippen molar-refractivity contribution in [3.05, 3.63) is 0 Å². The average Bonchev–Trinajstić information content (AvgIpc) is 2.29. The summed E-state index contributed by atoms with van der Waals surface area (Å²) in [7, 11) is 1.48.